The van der Waals surface area contributed by atoms with Crippen LogP contribution in [0.1, 0.15) is 18.4 Å². The molecular weight excluding hydrogens is 219 g/mol. The summed E-state index contributed by atoms with van der Waals surface area (Å²) in [4.78, 5) is 13.0. The van der Waals surface area contributed by atoms with Crippen molar-refractivity contribution in [1.29, 1.82) is 0 Å². The lowest BCUT2D eigenvalue weighted by Gasteiger charge is -2.19. The van der Waals surface area contributed by atoms with E-state index in [0.717, 1.165) is 12.8 Å². The minimum absolute atomic E-state index is 0.00705. The normalized spacial score (nSPS) is 16.6. The van der Waals surface area contributed by atoms with Crippen LogP contribution >= 0.6 is 0 Å². The molecule has 1 aliphatic carbocycles. The zero-order valence-electron chi connectivity index (χ0n) is 10.2. The third-order valence-corrected chi connectivity index (χ3v) is 3.22. The Balaban J connectivity index is 2.06. The highest BCUT2D eigenvalue weighted by Gasteiger charge is 2.45. The van der Waals surface area contributed by atoms with Gasteiger partial charge in [-0.15, -0.1) is 0 Å². The Labute approximate surface area is 101 Å². The molecule has 1 amide bonds. The van der Waals surface area contributed by atoms with E-state index in [1.165, 1.54) is 11.0 Å². The van der Waals surface area contributed by atoms with E-state index in [1.807, 2.05) is 6.07 Å². The molecule has 0 bridgehead atoms. The summed E-state index contributed by atoms with van der Waals surface area (Å²) in [6.45, 7) is 0.251. The van der Waals surface area contributed by atoms with Gasteiger partial charge >= 0.3 is 0 Å². The van der Waals surface area contributed by atoms with Crippen molar-refractivity contribution in [3.8, 4) is 0 Å². The van der Waals surface area contributed by atoms with Crippen molar-refractivity contribution in [2.75, 3.05) is 20.6 Å². The highest BCUT2D eigenvalue weighted by Crippen LogP contribution is 2.46. The van der Waals surface area contributed by atoms with Crippen LogP contribution in [0.25, 0.3) is 0 Å². The number of likely N-dealkylation sites (N-methyl/N-ethyl adjacent to an activating group) is 1. The lowest BCUT2D eigenvalue weighted by Crippen LogP contribution is -2.39. The van der Waals surface area contributed by atoms with E-state index in [9.17, 15) is 9.18 Å². The standard InChI is InChI=1S/C13H17FN2O/c1-16(2)12(17)9-15-13(7-8-13)10-5-3-4-6-11(10)14/h3-6,15H,7-9H2,1-2H3. The predicted octanol–water partition coefficient (Wildman–Crippen LogP) is 1.49. The van der Waals surface area contributed by atoms with Gasteiger partial charge in [-0.2, -0.15) is 0 Å². The Kier molecular flexibility index (Phi) is 3.15. The second kappa shape index (κ2) is 4.45. The van der Waals surface area contributed by atoms with Crippen LogP contribution in [0.5, 0.6) is 0 Å². The van der Waals surface area contributed by atoms with E-state index in [-0.39, 0.29) is 23.8 Å². The lowest BCUT2D eigenvalue weighted by molar-refractivity contribution is -0.127. The molecule has 3 nitrogen and oxygen atoms in total. The molecule has 4 heteroatoms. The lowest BCUT2D eigenvalue weighted by atomic mass is 10.0. The van der Waals surface area contributed by atoms with Crippen molar-refractivity contribution in [2.24, 2.45) is 0 Å². The molecule has 1 aromatic rings. The Morgan fingerprint density at radius 3 is 2.59 bits per heavy atom. The summed E-state index contributed by atoms with van der Waals surface area (Å²) in [5.74, 6) is -0.192. The maximum Gasteiger partial charge on any atom is 0.236 e. The van der Waals surface area contributed by atoms with Gasteiger partial charge in [-0.3, -0.25) is 10.1 Å². The molecule has 0 aromatic heterocycles. The zero-order valence-corrected chi connectivity index (χ0v) is 10.2. The van der Waals surface area contributed by atoms with Crippen LogP contribution in [-0.4, -0.2) is 31.4 Å². The first-order chi connectivity index (χ1) is 8.05. The van der Waals surface area contributed by atoms with Gasteiger partial charge in [-0.05, 0) is 18.9 Å². The van der Waals surface area contributed by atoms with E-state index < -0.39 is 0 Å². The minimum atomic E-state index is -0.322. The van der Waals surface area contributed by atoms with Gasteiger partial charge < -0.3 is 4.90 Å². The monoisotopic (exact) mass is 236 g/mol. The number of hydrogen-bond donors (Lipinski definition) is 1. The van der Waals surface area contributed by atoms with Gasteiger partial charge in [0.05, 0.1) is 6.54 Å². The largest absolute Gasteiger partial charge is 0.348 e. The molecule has 0 saturated heterocycles. The summed E-state index contributed by atoms with van der Waals surface area (Å²) in [5, 5.41) is 3.18. The molecule has 92 valence electrons. The number of carbonyl (C=O) groups is 1. The van der Waals surface area contributed by atoms with Crippen molar-refractivity contribution in [3.63, 3.8) is 0 Å². The summed E-state index contributed by atoms with van der Waals surface area (Å²) in [5.41, 5.74) is 0.350. The smallest absolute Gasteiger partial charge is 0.236 e. The van der Waals surface area contributed by atoms with Gasteiger partial charge in [0.15, 0.2) is 0 Å². The fraction of sp³-hybridized carbons (Fsp3) is 0.462. The van der Waals surface area contributed by atoms with Crippen molar-refractivity contribution >= 4 is 5.91 Å². The van der Waals surface area contributed by atoms with Crippen LogP contribution in [0.15, 0.2) is 24.3 Å². The summed E-state index contributed by atoms with van der Waals surface area (Å²) in [6, 6.07) is 6.76. The molecule has 0 unspecified atom stereocenters. The van der Waals surface area contributed by atoms with Gasteiger partial charge in [0.1, 0.15) is 5.82 Å². The highest BCUT2D eigenvalue weighted by atomic mass is 19.1. The number of benzene rings is 1. The summed E-state index contributed by atoms with van der Waals surface area (Å²) in [6.07, 6.45) is 1.77. The fourth-order valence-corrected chi connectivity index (χ4v) is 1.92. The quantitative estimate of drug-likeness (QED) is 0.859. The number of hydrogen-bond acceptors (Lipinski definition) is 2. The second-order valence-corrected chi connectivity index (χ2v) is 4.70. The zero-order chi connectivity index (χ0) is 12.5. The third kappa shape index (κ3) is 2.47. The molecule has 1 aromatic carbocycles. The number of nitrogens with zero attached hydrogens (tertiary/aromatic N) is 1. The van der Waals surface area contributed by atoms with Gasteiger partial charge in [-0.25, -0.2) is 4.39 Å². The van der Waals surface area contributed by atoms with E-state index in [4.69, 9.17) is 0 Å². The number of rotatable bonds is 4. The molecular formula is C13H17FN2O. The van der Waals surface area contributed by atoms with Crippen LogP contribution in [0.3, 0.4) is 0 Å². The molecule has 1 fully saturated rings. The number of carbonyl (C=O) groups excluding carboxylic acids is 1. The minimum Gasteiger partial charge on any atom is -0.348 e. The molecule has 1 saturated carbocycles. The Morgan fingerprint density at radius 2 is 2.06 bits per heavy atom. The summed E-state index contributed by atoms with van der Waals surface area (Å²) >= 11 is 0. The van der Waals surface area contributed by atoms with Gasteiger partial charge in [0.2, 0.25) is 5.91 Å². The molecule has 0 atom stereocenters. The maximum absolute atomic E-state index is 13.7. The number of nitrogens with one attached hydrogen (secondary N) is 1. The van der Waals surface area contributed by atoms with E-state index in [1.54, 1.807) is 26.2 Å². The highest BCUT2D eigenvalue weighted by molar-refractivity contribution is 5.77. The molecule has 1 N–H and O–H groups in total. The number of halogens is 1. The molecule has 17 heavy (non-hydrogen) atoms. The van der Waals surface area contributed by atoms with Crippen molar-refractivity contribution in [2.45, 2.75) is 18.4 Å². The molecule has 0 radical (unpaired) electrons. The summed E-state index contributed by atoms with van der Waals surface area (Å²) < 4.78 is 13.7. The van der Waals surface area contributed by atoms with Crippen molar-refractivity contribution in [1.82, 2.24) is 10.2 Å². The van der Waals surface area contributed by atoms with E-state index in [0.29, 0.717) is 5.56 Å². The molecule has 0 heterocycles. The number of amides is 1. The van der Waals surface area contributed by atoms with Gasteiger partial charge in [0, 0.05) is 25.2 Å². The maximum atomic E-state index is 13.7. The van der Waals surface area contributed by atoms with E-state index >= 15 is 0 Å². The first-order valence-electron chi connectivity index (χ1n) is 5.75. The van der Waals surface area contributed by atoms with Crippen LogP contribution in [0.2, 0.25) is 0 Å². The van der Waals surface area contributed by atoms with Crippen LogP contribution in [-0.2, 0) is 10.3 Å². The fourth-order valence-electron chi connectivity index (χ4n) is 1.92. The van der Waals surface area contributed by atoms with Gasteiger partial charge in [-0.1, -0.05) is 18.2 Å². The van der Waals surface area contributed by atoms with Gasteiger partial charge in [0.25, 0.3) is 0 Å². The topological polar surface area (TPSA) is 32.3 Å². The average molecular weight is 236 g/mol. The molecule has 2 rings (SSSR count). The summed E-state index contributed by atoms with van der Waals surface area (Å²) in [7, 11) is 3.43. The molecule has 1 aliphatic rings. The SMILES string of the molecule is CN(C)C(=O)CNC1(c2ccccc2F)CC1. The second-order valence-electron chi connectivity index (χ2n) is 4.70. The van der Waals surface area contributed by atoms with Crippen LogP contribution in [0.4, 0.5) is 4.39 Å². The van der Waals surface area contributed by atoms with Crippen molar-refractivity contribution < 1.29 is 9.18 Å². The first kappa shape index (κ1) is 12.0. The third-order valence-electron chi connectivity index (χ3n) is 3.22. The molecule has 0 spiro atoms. The Bertz CT molecular complexity index is 427. The van der Waals surface area contributed by atoms with E-state index in [2.05, 4.69) is 5.32 Å². The first-order valence-corrected chi connectivity index (χ1v) is 5.75. The van der Waals surface area contributed by atoms with Crippen LogP contribution < -0.4 is 5.32 Å². The van der Waals surface area contributed by atoms with Crippen molar-refractivity contribution in [3.05, 3.63) is 35.6 Å². The average Bonchev–Trinajstić information content (AvgIpc) is 3.07. The Morgan fingerprint density at radius 1 is 1.41 bits per heavy atom. The van der Waals surface area contributed by atoms with Crippen LogP contribution in [0, 0.1) is 5.82 Å². The molecule has 0 aliphatic heterocycles. The Hall–Kier alpha value is -1.42. The predicted molar refractivity (Wildman–Crippen MR) is 64.0 cm³/mol.